The van der Waals surface area contributed by atoms with E-state index in [-0.39, 0.29) is 0 Å². The molecule has 4 heteroatoms. The molecule has 1 heterocycles. The zero-order valence-electron chi connectivity index (χ0n) is 9.86. The van der Waals surface area contributed by atoms with Gasteiger partial charge in [-0.2, -0.15) is 5.10 Å². The van der Waals surface area contributed by atoms with Crippen molar-refractivity contribution in [3.8, 4) is 11.3 Å². The number of hydrogen-bond acceptors (Lipinski definition) is 2. The Morgan fingerprint density at radius 2 is 2.12 bits per heavy atom. The van der Waals surface area contributed by atoms with Crippen LogP contribution in [0.1, 0.15) is 19.8 Å². The number of rotatable bonds is 4. The molecule has 1 aromatic carbocycles. The third-order valence-corrected chi connectivity index (χ3v) is 3.38. The predicted molar refractivity (Wildman–Crippen MR) is 74.7 cm³/mol. The van der Waals surface area contributed by atoms with Crippen molar-refractivity contribution in [1.29, 1.82) is 0 Å². The third kappa shape index (κ3) is 2.69. The maximum atomic E-state index is 5.95. The van der Waals surface area contributed by atoms with Gasteiger partial charge in [-0.25, -0.2) is 4.68 Å². The van der Waals surface area contributed by atoms with Crippen molar-refractivity contribution in [2.45, 2.75) is 26.3 Å². The second kappa shape index (κ2) is 5.36. The van der Waals surface area contributed by atoms with Gasteiger partial charge < -0.3 is 5.73 Å². The van der Waals surface area contributed by atoms with E-state index in [1.807, 2.05) is 35.0 Å². The third-order valence-electron chi connectivity index (χ3n) is 2.68. The normalized spacial score (nSPS) is 10.7. The zero-order valence-corrected chi connectivity index (χ0v) is 11.4. The van der Waals surface area contributed by atoms with E-state index < -0.39 is 0 Å². The first-order chi connectivity index (χ1) is 8.22. The molecule has 0 saturated carbocycles. The summed E-state index contributed by atoms with van der Waals surface area (Å²) >= 11 is 3.53. The van der Waals surface area contributed by atoms with Crippen molar-refractivity contribution in [2.75, 3.05) is 5.73 Å². The molecule has 0 bridgehead atoms. The predicted octanol–water partition coefficient (Wildman–Crippen LogP) is 3.69. The number of benzene rings is 1. The number of hydrogen-bond donors (Lipinski definition) is 1. The monoisotopic (exact) mass is 293 g/mol. The van der Waals surface area contributed by atoms with Crippen molar-refractivity contribution in [3.63, 3.8) is 0 Å². The summed E-state index contributed by atoms with van der Waals surface area (Å²) in [5.74, 6) is 0.726. The molecule has 0 radical (unpaired) electrons. The number of nitrogen functional groups attached to an aromatic ring is 1. The average molecular weight is 294 g/mol. The number of unbranched alkanes of at least 4 members (excludes halogenated alkanes) is 1. The molecule has 3 nitrogen and oxygen atoms in total. The number of nitrogens with two attached hydrogens (primary N) is 1. The van der Waals surface area contributed by atoms with Crippen molar-refractivity contribution >= 4 is 21.7 Å². The molecule has 2 rings (SSSR count). The average Bonchev–Trinajstić information content (AvgIpc) is 2.68. The molecule has 17 heavy (non-hydrogen) atoms. The fourth-order valence-corrected chi connectivity index (χ4v) is 2.21. The Morgan fingerprint density at radius 3 is 2.82 bits per heavy atom. The van der Waals surface area contributed by atoms with Crippen LogP contribution in [0.3, 0.4) is 0 Å². The van der Waals surface area contributed by atoms with Crippen LogP contribution < -0.4 is 5.73 Å². The Balaban J connectivity index is 2.31. The van der Waals surface area contributed by atoms with E-state index in [0.717, 1.165) is 40.9 Å². The maximum Gasteiger partial charge on any atom is 0.122 e. The van der Waals surface area contributed by atoms with E-state index in [2.05, 4.69) is 28.0 Å². The smallest absolute Gasteiger partial charge is 0.122 e. The molecular formula is C13H16BrN3. The van der Waals surface area contributed by atoms with Crippen LogP contribution in [-0.2, 0) is 6.54 Å². The maximum absolute atomic E-state index is 5.95. The highest BCUT2D eigenvalue weighted by Gasteiger charge is 2.09. The van der Waals surface area contributed by atoms with Gasteiger partial charge in [0.25, 0.3) is 0 Å². The Kier molecular flexibility index (Phi) is 3.84. The van der Waals surface area contributed by atoms with Gasteiger partial charge in [0.1, 0.15) is 5.82 Å². The molecule has 0 aliphatic rings. The van der Waals surface area contributed by atoms with E-state index in [1.165, 1.54) is 0 Å². The Hall–Kier alpha value is -1.29. The number of anilines is 1. The van der Waals surface area contributed by atoms with E-state index in [0.29, 0.717) is 0 Å². The highest BCUT2D eigenvalue weighted by molar-refractivity contribution is 9.10. The molecule has 0 amide bonds. The first-order valence-electron chi connectivity index (χ1n) is 5.80. The Labute approximate surface area is 110 Å². The SMILES string of the molecule is CCCCn1nc(-c2ccccc2Br)cc1N. The summed E-state index contributed by atoms with van der Waals surface area (Å²) < 4.78 is 2.92. The fourth-order valence-electron chi connectivity index (χ4n) is 1.72. The van der Waals surface area contributed by atoms with Gasteiger partial charge in [0, 0.05) is 22.6 Å². The molecule has 2 aromatic rings. The van der Waals surface area contributed by atoms with Crippen molar-refractivity contribution in [2.24, 2.45) is 0 Å². The van der Waals surface area contributed by atoms with Crippen LogP contribution in [0.2, 0.25) is 0 Å². The summed E-state index contributed by atoms with van der Waals surface area (Å²) in [6.07, 6.45) is 2.24. The van der Waals surface area contributed by atoms with Gasteiger partial charge in [-0.15, -0.1) is 0 Å². The highest BCUT2D eigenvalue weighted by Crippen LogP contribution is 2.28. The second-order valence-corrected chi connectivity index (χ2v) is 4.87. The molecule has 0 fully saturated rings. The van der Waals surface area contributed by atoms with E-state index in [1.54, 1.807) is 0 Å². The second-order valence-electron chi connectivity index (χ2n) is 4.01. The zero-order chi connectivity index (χ0) is 12.3. The standard InChI is InChI=1S/C13H16BrN3/c1-2-3-8-17-13(15)9-12(16-17)10-6-4-5-7-11(10)14/h4-7,9H,2-3,8,15H2,1H3. The topological polar surface area (TPSA) is 43.8 Å². The minimum atomic E-state index is 0.726. The molecule has 0 aliphatic heterocycles. The van der Waals surface area contributed by atoms with Crippen LogP contribution in [0.25, 0.3) is 11.3 Å². The van der Waals surface area contributed by atoms with E-state index in [9.17, 15) is 0 Å². The van der Waals surface area contributed by atoms with Crippen LogP contribution in [0.4, 0.5) is 5.82 Å². The molecular weight excluding hydrogens is 278 g/mol. The minimum absolute atomic E-state index is 0.726. The first-order valence-corrected chi connectivity index (χ1v) is 6.60. The summed E-state index contributed by atoms with van der Waals surface area (Å²) in [6.45, 7) is 3.04. The van der Waals surface area contributed by atoms with Gasteiger partial charge in [-0.3, -0.25) is 0 Å². The van der Waals surface area contributed by atoms with Crippen molar-refractivity contribution in [1.82, 2.24) is 9.78 Å². The van der Waals surface area contributed by atoms with E-state index >= 15 is 0 Å². The quantitative estimate of drug-likeness (QED) is 0.934. The lowest BCUT2D eigenvalue weighted by Crippen LogP contribution is -2.04. The van der Waals surface area contributed by atoms with Gasteiger partial charge in [0.15, 0.2) is 0 Å². The molecule has 0 saturated heterocycles. The summed E-state index contributed by atoms with van der Waals surface area (Å²) in [5, 5.41) is 4.54. The van der Waals surface area contributed by atoms with Crippen molar-refractivity contribution in [3.05, 3.63) is 34.8 Å². The van der Waals surface area contributed by atoms with Gasteiger partial charge in [-0.1, -0.05) is 47.5 Å². The largest absolute Gasteiger partial charge is 0.384 e. The summed E-state index contributed by atoms with van der Waals surface area (Å²) in [5.41, 5.74) is 7.96. The lowest BCUT2D eigenvalue weighted by Gasteiger charge is -2.02. The number of nitrogens with zero attached hydrogens (tertiary/aromatic N) is 2. The number of aryl methyl sites for hydroxylation is 1. The first kappa shape index (κ1) is 12.2. The van der Waals surface area contributed by atoms with Gasteiger partial charge in [0.05, 0.1) is 5.69 Å². The molecule has 0 spiro atoms. The number of aromatic nitrogens is 2. The van der Waals surface area contributed by atoms with Crippen LogP contribution in [0.5, 0.6) is 0 Å². The lowest BCUT2D eigenvalue weighted by atomic mass is 10.1. The van der Waals surface area contributed by atoms with Gasteiger partial charge >= 0.3 is 0 Å². The van der Waals surface area contributed by atoms with Crippen LogP contribution in [-0.4, -0.2) is 9.78 Å². The highest BCUT2D eigenvalue weighted by atomic mass is 79.9. The van der Waals surface area contributed by atoms with Gasteiger partial charge in [0.2, 0.25) is 0 Å². The Morgan fingerprint density at radius 1 is 1.35 bits per heavy atom. The molecule has 2 N–H and O–H groups in total. The van der Waals surface area contributed by atoms with Crippen LogP contribution in [0, 0.1) is 0 Å². The lowest BCUT2D eigenvalue weighted by molar-refractivity contribution is 0.580. The van der Waals surface area contributed by atoms with Gasteiger partial charge in [-0.05, 0) is 12.5 Å². The molecule has 0 unspecified atom stereocenters. The molecule has 90 valence electrons. The molecule has 0 aliphatic carbocycles. The summed E-state index contributed by atoms with van der Waals surface area (Å²) in [7, 11) is 0. The summed E-state index contributed by atoms with van der Waals surface area (Å²) in [4.78, 5) is 0. The van der Waals surface area contributed by atoms with Crippen LogP contribution in [0.15, 0.2) is 34.8 Å². The molecule has 1 aromatic heterocycles. The Bertz CT molecular complexity index is 505. The van der Waals surface area contributed by atoms with Crippen LogP contribution >= 0.6 is 15.9 Å². The van der Waals surface area contributed by atoms with E-state index in [4.69, 9.17) is 5.73 Å². The molecule has 0 atom stereocenters. The van der Waals surface area contributed by atoms with Crippen molar-refractivity contribution < 1.29 is 0 Å². The summed E-state index contributed by atoms with van der Waals surface area (Å²) in [6, 6.07) is 9.97. The number of halogens is 1. The minimum Gasteiger partial charge on any atom is -0.384 e. The fraction of sp³-hybridized carbons (Fsp3) is 0.308.